The fraction of sp³-hybridized carbons (Fsp3) is 0.154. The van der Waals surface area contributed by atoms with Crippen molar-refractivity contribution in [3.8, 4) is 11.3 Å². The van der Waals surface area contributed by atoms with Gasteiger partial charge in [0.1, 0.15) is 12.2 Å². The summed E-state index contributed by atoms with van der Waals surface area (Å²) in [6.07, 6.45) is 0.298. The largest absolute Gasteiger partial charge is 0.325 e. The second-order valence-electron chi connectivity index (χ2n) is 7.85. The van der Waals surface area contributed by atoms with Gasteiger partial charge in [0, 0.05) is 22.7 Å². The summed E-state index contributed by atoms with van der Waals surface area (Å²) >= 11 is 6.01. The van der Waals surface area contributed by atoms with Gasteiger partial charge in [-0.2, -0.15) is 0 Å². The number of fused-ring (bicyclic) bond motifs is 1. The highest BCUT2D eigenvalue weighted by molar-refractivity contribution is 6.30. The van der Waals surface area contributed by atoms with E-state index in [-0.39, 0.29) is 24.1 Å². The van der Waals surface area contributed by atoms with Crippen LogP contribution in [0.1, 0.15) is 18.9 Å². The predicted molar refractivity (Wildman–Crippen MR) is 135 cm³/mol. The minimum absolute atomic E-state index is 0.157. The summed E-state index contributed by atoms with van der Waals surface area (Å²) in [5.41, 5.74) is 3.25. The highest BCUT2D eigenvalue weighted by Crippen LogP contribution is 2.27. The molecule has 34 heavy (non-hydrogen) atoms. The van der Waals surface area contributed by atoms with Crippen LogP contribution in [0.3, 0.4) is 0 Å². The molecular weight excluding hydrogens is 452 g/mol. The number of hydrogen-bond acceptors (Lipinski definition) is 4. The summed E-state index contributed by atoms with van der Waals surface area (Å²) in [5, 5.41) is 6.11. The van der Waals surface area contributed by atoms with E-state index >= 15 is 0 Å². The molecule has 0 spiro atoms. The van der Waals surface area contributed by atoms with E-state index in [0.717, 1.165) is 5.56 Å². The highest BCUT2D eigenvalue weighted by atomic mass is 35.5. The van der Waals surface area contributed by atoms with Crippen LogP contribution in [-0.2, 0) is 16.1 Å². The topological polar surface area (TPSA) is 93.1 Å². The predicted octanol–water partition coefficient (Wildman–Crippen LogP) is 5.01. The fourth-order valence-corrected chi connectivity index (χ4v) is 3.83. The third-order valence-electron chi connectivity index (χ3n) is 5.29. The number of halogens is 1. The highest BCUT2D eigenvalue weighted by Gasteiger charge is 2.18. The summed E-state index contributed by atoms with van der Waals surface area (Å²) in [5.74, 6) is -0.553. The van der Waals surface area contributed by atoms with E-state index in [9.17, 15) is 14.4 Å². The summed E-state index contributed by atoms with van der Waals surface area (Å²) in [4.78, 5) is 43.2. The average molecular weight is 475 g/mol. The molecule has 0 saturated carbocycles. The van der Waals surface area contributed by atoms with Gasteiger partial charge in [0.15, 0.2) is 0 Å². The van der Waals surface area contributed by atoms with Crippen LogP contribution >= 0.6 is 11.6 Å². The number of hydrogen-bond donors (Lipinski definition) is 2. The summed E-state index contributed by atoms with van der Waals surface area (Å²) < 4.78 is 1.39. The van der Waals surface area contributed by atoms with Gasteiger partial charge >= 0.3 is 0 Å². The normalized spacial score (nSPS) is 10.8. The molecule has 1 heterocycles. The van der Waals surface area contributed by atoms with E-state index in [1.54, 1.807) is 61.5 Å². The van der Waals surface area contributed by atoms with Crippen molar-refractivity contribution in [2.24, 2.45) is 0 Å². The van der Waals surface area contributed by atoms with Gasteiger partial charge in [-0.15, -0.1) is 0 Å². The third kappa shape index (κ3) is 5.00. The van der Waals surface area contributed by atoms with Crippen LogP contribution < -0.4 is 16.2 Å². The van der Waals surface area contributed by atoms with Gasteiger partial charge in [-0.1, -0.05) is 48.4 Å². The maximum Gasteiger partial charge on any atom is 0.278 e. The maximum absolute atomic E-state index is 13.6. The Labute approximate surface area is 201 Å². The maximum atomic E-state index is 13.6. The van der Waals surface area contributed by atoms with E-state index in [1.165, 1.54) is 4.57 Å². The number of aryl methyl sites for hydroxylation is 1. The van der Waals surface area contributed by atoms with Crippen LogP contribution in [0.25, 0.3) is 22.3 Å². The number of anilines is 2. The lowest BCUT2D eigenvalue weighted by molar-refractivity contribution is -0.117. The molecular formula is C26H23ClN4O3. The molecule has 4 rings (SSSR count). The zero-order chi connectivity index (χ0) is 24.2. The second-order valence-corrected chi connectivity index (χ2v) is 8.29. The molecule has 0 radical (unpaired) electrons. The molecule has 4 aromatic rings. The van der Waals surface area contributed by atoms with Crippen LogP contribution in [0.5, 0.6) is 0 Å². The molecule has 0 unspecified atom stereocenters. The summed E-state index contributed by atoms with van der Waals surface area (Å²) in [7, 11) is 0. The number of benzene rings is 3. The average Bonchev–Trinajstić information content (AvgIpc) is 2.81. The number of aromatic nitrogens is 2. The van der Waals surface area contributed by atoms with Crippen LogP contribution in [0, 0.1) is 6.92 Å². The molecule has 7 nitrogen and oxygen atoms in total. The molecule has 0 fully saturated rings. The Bertz CT molecular complexity index is 1460. The lowest BCUT2D eigenvalue weighted by atomic mass is 10.1. The monoisotopic (exact) mass is 474 g/mol. The quantitative estimate of drug-likeness (QED) is 0.410. The van der Waals surface area contributed by atoms with Crippen LogP contribution in [0.4, 0.5) is 11.4 Å². The first-order chi connectivity index (χ1) is 16.4. The Balaban J connectivity index is 1.81. The number of para-hydroxylation sites is 2. The smallest absolute Gasteiger partial charge is 0.278 e. The number of carbonyl (C=O) groups excluding carboxylic acids is 2. The van der Waals surface area contributed by atoms with Crippen LogP contribution in [0.15, 0.2) is 71.5 Å². The lowest BCUT2D eigenvalue weighted by Crippen LogP contribution is -2.30. The first-order valence-electron chi connectivity index (χ1n) is 10.8. The number of nitrogens with zero attached hydrogens (tertiary/aromatic N) is 2. The molecule has 0 atom stereocenters. The van der Waals surface area contributed by atoms with E-state index in [1.807, 2.05) is 19.1 Å². The van der Waals surface area contributed by atoms with Crippen molar-refractivity contribution in [3.63, 3.8) is 0 Å². The van der Waals surface area contributed by atoms with Crippen LogP contribution in [0.2, 0.25) is 5.02 Å². The number of nitrogens with one attached hydrogen (secondary N) is 2. The van der Waals surface area contributed by atoms with E-state index < -0.39 is 5.56 Å². The van der Waals surface area contributed by atoms with Gasteiger partial charge in [0.2, 0.25) is 11.8 Å². The molecule has 2 N–H and O–H groups in total. The molecule has 0 aliphatic rings. The molecule has 172 valence electrons. The minimum atomic E-state index is -0.433. The molecule has 0 bridgehead atoms. The molecule has 0 aliphatic carbocycles. The zero-order valence-electron chi connectivity index (χ0n) is 18.8. The Morgan fingerprint density at radius 2 is 1.76 bits per heavy atom. The first-order valence-corrected chi connectivity index (χ1v) is 11.2. The Kier molecular flexibility index (Phi) is 6.75. The Morgan fingerprint density at radius 3 is 2.53 bits per heavy atom. The third-order valence-corrected chi connectivity index (χ3v) is 5.52. The van der Waals surface area contributed by atoms with Gasteiger partial charge in [-0.3, -0.25) is 19.0 Å². The summed E-state index contributed by atoms with van der Waals surface area (Å²) in [6, 6.07) is 19.3. The number of amides is 2. The summed E-state index contributed by atoms with van der Waals surface area (Å²) in [6.45, 7) is 3.43. The zero-order valence-corrected chi connectivity index (χ0v) is 19.5. The standard InChI is InChI=1S/C26H23ClN4O3/c1-3-23(32)29-20-12-11-16(2)13-19(20)25-26(34)31(22-10-5-4-9-21(22)30-25)15-24(33)28-18-8-6-7-17(27)14-18/h4-14H,3,15H2,1-2H3,(H,28,33)(H,29,32). The Hall–Kier alpha value is -3.97. The first kappa shape index (κ1) is 23.2. The van der Waals surface area contributed by atoms with E-state index in [4.69, 9.17) is 11.6 Å². The van der Waals surface area contributed by atoms with Crippen molar-refractivity contribution in [2.75, 3.05) is 10.6 Å². The van der Waals surface area contributed by atoms with Crippen molar-refractivity contribution < 1.29 is 9.59 Å². The fourth-order valence-electron chi connectivity index (χ4n) is 3.64. The number of rotatable bonds is 6. The molecule has 3 aromatic carbocycles. The molecule has 0 aliphatic heterocycles. The van der Waals surface area contributed by atoms with Crippen molar-refractivity contribution in [1.29, 1.82) is 0 Å². The second kappa shape index (κ2) is 9.89. The number of carbonyl (C=O) groups is 2. The van der Waals surface area contributed by atoms with Crippen LogP contribution in [-0.4, -0.2) is 21.4 Å². The molecule has 0 saturated heterocycles. The van der Waals surface area contributed by atoms with Gasteiger partial charge in [-0.25, -0.2) is 4.98 Å². The van der Waals surface area contributed by atoms with Crippen molar-refractivity contribution >= 4 is 45.8 Å². The molecule has 8 heteroatoms. The lowest BCUT2D eigenvalue weighted by Gasteiger charge is -2.15. The SMILES string of the molecule is CCC(=O)Nc1ccc(C)cc1-c1nc2ccccc2n(CC(=O)Nc2cccc(Cl)c2)c1=O. The van der Waals surface area contributed by atoms with E-state index in [0.29, 0.717) is 39.4 Å². The van der Waals surface area contributed by atoms with Gasteiger partial charge < -0.3 is 10.6 Å². The molecule has 2 amide bonds. The van der Waals surface area contributed by atoms with Gasteiger partial charge in [0.05, 0.1) is 16.7 Å². The Morgan fingerprint density at radius 1 is 0.971 bits per heavy atom. The van der Waals surface area contributed by atoms with Gasteiger partial charge in [-0.05, 0) is 49.4 Å². The van der Waals surface area contributed by atoms with Crippen molar-refractivity contribution in [1.82, 2.24) is 9.55 Å². The van der Waals surface area contributed by atoms with Crippen molar-refractivity contribution in [2.45, 2.75) is 26.8 Å². The van der Waals surface area contributed by atoms with E-state index in [2.05, 4.69) is 15.6 Å². The minimum Gasteiger partial charge on any atom is -0.325 e. The van der Waals surface area contributed by atoms with Gasteiger partial charge in [0.25, 0.3) is 5.56 Å². The van der Waals surface area contributed by atoms with Crippen molar-refractivity contribution in [3.05, 3.63) is 87.7 Å². The molecule has 1 aromatic heterocycles.